The Balaban J connectivity index is 2.24. The number of piperidine rings is 1. The quantitative estimate of drug-likeness (QED) is 0.843. The molecule has 1 aromatic carbocycles. The van der Waals surface area contributed by atoms with E-state index in [1.807, 2.05) is 11.8 Å². The van der Waals surface area contributed by atoms with E-state index < -0.39 is 0 Å². The molecule has 3 nitrogen and oxygen atoms in total. The van der Waals surface area contributed by atoms with Crippen molar-refractivity contribution in [1.29, 1.82) is 0 Å². The summed E-state index contributed by atoms with van der Waals surface area (Å²) in [7, 11) is 0. The first-order valence-electron chi connectivity index (χ1n) is 7.00. The number of rotatable bonds is 1. The molecule has 1 fully saturated rings. The fourth-order valence-electron chi connectivity index (χ4n) is 2.94. The Morgan fingerprint density at radius 2 is 2.00 bits per heavy atom. The number of aromatic hydroxyl groups is 1. The lowest BCUT2D eigenvalue weighted by atomic mass is 9.85. The maximum atomic E-state index is 12.6. The van der Waals surface area contributed by atoms with Crippen molar-refractivity contribution in [2.75, 3.05) is 6.54 Å². The minimum Gasteiger partial charge on any atom is -0.508 e. The monoisotopic (exact) mass is 261 g/mol. The molecule has 19 heavy (non-hydrogen) atoms. The first kappa shape index (κ1) is 13.9. The number of likely N-dealkylation sites (tertiary alicyclic amines) is 1. The van der Waals surface area contributed by atoms with Gasteiger partial charge < -0.3 is 10.0 Å². The molecule has 1 aliphatic rings. The molecule has 1 N–H and O–H groups in total. The Kier molecular flexibility index (Phi) is 3.83. The molecule has 0 bridgehead atoms. The van der Waals surface area contributed by atoms with Crippen molar-refractivity contribution >= 4 is 5.91 Å². The summed E-state index contributed by atoms with van der Waals surface area (Å²) in [4.78, 5) is 14.6. The van der Waals surface area contributed by atoms with Crippen molar-refractivity contribution in [2.24, 2.45) is 11.8 Å². The van der Waals surface area contributed by atoms with E-state index in [9.17, 15) is 9.90 Å². The fourth-order valence-corrected chi connectivity index (χ4v) is 2.94. The Morgan fingerprint density at radius 3 is 2.63 bits per heavy atom. The number of carbonyl (C=O) groups is 1. The van der Waals surface area contributed by atoms with E-state index in [1.54, 1.807) is 18.2 Å². The first-order valence-corrected chi connectivity index (χ1v) is 7.00. The van der Waals surface area contributed by atoms with E-state index in [-0.39, 0.29) is 17.7 Å². The van der Waals surface area contributed by atoms with Crippen molar-refractivity contribution in [1.82, 2.24) is 4.90 Å². The Morgan fingerprint density at radius 1 is 1.32 bits per heavy atom. The minimum atomic E-state index is 0.0778. The zero-order chi connectivity index (χ0) is 14.2. The highest BCUT2D eigenvalue weighted by Crippen LogP contribution is 2.28. The normalized spacial score (nSPS) is 27.4. The van der Waals surface area contributed by atoms with Crippen LogP contribution in [0.2, 0.25) is 0 Å². The lowest BCUT2D eigenvalue weighted by molar-refractivity contribution is 0.0455. The third-order valence-corrected chi connectivity index (χ3v) is 4.30. The van der Waals surface area contributed by atoms with Gasteiger partial charge in [-0.15, -0.1) is 0 Å². The summed E-state index contributed by atoms with van der Waals surface area (Å²) in [6.45, 7) is 9.18. The van der Waals surface area contributed by atoms with Gasteiger partial charge in [0.1, 0.15) is 5.75 Å². The van der Waals surface area contributed by atoms with Crippen LogP contribution in [-0.2, 0) is 0 Å². The molecule has 104 valence electrons. The van der Waals surface area contributed by atoms with Crippen LogP contribution in [0.15, 0.2) is 18.2 Å². The van der Waals surface area contributed by atoms with Gasteiger partial charge in [-0.1, -0.05) is 13.8 Å². The minimum absolute atomic E-state index is 0.0778. The zero-order valence-electron chi connectivity index (χ0n) is 12.2. The smallest absolute Gasteiger partial charge is 0.254 e. The van der Waals surface area contributed by atoms with Crippen LogP contribution in [0.25, 0.3) is 0 Å². The van der Waals surface area contributed by atoms with Gasteiger partial charge in [-0.05, 0) is 55.9 Å². The molecule has 1 amide bonds. The summed E-state index contributed by atoms with van der Waals surface area (Å²) in [6.07, 6.45) is 1.18. The molecule has 3 atom stereocenters. The van der Waals surface area contributed by atoms with Crippen molar-refractivity contribution in [3.05, 3.63) is 29.3 Å². The summed E-state index contributed by atoms with van der Waals surface area (Å²) in [5.74, 6) is 1.40. The molecular weight excluding hydrogens is 238 g/mol. The number of carbonyl (C=O) groups excluding carboxylic acids is 1. The molecule has 3 unspecified atom stereocenters. The average Bonchev–Trinajstić information content (AvgIpc) is 2.36. The van der Waals surface area contributed by atoms with Crippen LogP contribution in [0.4, 0.5) is 0 Å². The molecule has 0 spiro atoms. The van der Waals surface area contributed by atoms with Gasteiger partial charge in [0.15, 0.2) is 0 Å². The number of benzene rings is 1. The van der Waals surface area contributed by atoms with E-state index in [2.05, 4.69) is 20.8 Å². The van der Waals surface area contributed by atoms with Crippen molar-refractivity contribution < 1.29 is 9.90 Å². The van der Waals surface area contributed by atoms with Gasteiger partial charge in [-0.3, -0.25) is 4.79 Å². The summed E-state index contributed by atoms with van der Waals surface area (Å²) >= 11 is 0. The van der Waals surface area contributed by atoms with Crippen LogP contribution >= 0.6 is 0 Å². The number of phenols is 1. The molecule has 0 saturated carbocycles. The van der Waals surface area contributed by atoms with Gasteiger partial charge in [-0.25, -0.2) is 0 Å². The Hall–Kier alpha value is -1.51. The van der Waals surface area contributed by atoms with Gasteiger partial charge >= 0.3 is 0 Å². The summed E-state index contributed by atoms with van der Waals surface area (Å²) in [5.41, 5.74) is 1.42. The van der Waals surface area contributed by atoms with Crippen LogP contribution in [0, 0.1) is 18.8 Å². The lowest BCUT2D eigenvalue weighted by Crippen LogP contribution is -2.48. The highest BCUT2D eigenvalue weighted by molar-refractivity contribution is 5.95. The molecule has 0 aromatic heterocycles. The number of phenolic OH excluding ortho intramolecular Hbond substituents is 1. The van der Waals surface area contributed by atoms with Crippen LogP contribution in [0.5, 0.6) is 5.75 Å². The van der Waals surface area contributed by atoms with E-state index in [4.69, 9.17) is 0 Å². The number of aryl methyl sites for hydroxylation is 1. The van der Waals surface area contributed by atoms with Gasteiger partial charge in [0.25, 0.3) is 5.91 Å². The highest BCUT2D eigenvalue weighted by Gasteiger charge is 2.32. The van der Waals surface area contributed by atoms with Gasteiger partial charge in [0.2, 0.25) is 0 Å². The van der Waals surface area contributed by atoms with Crippen LogP contribution in [0.3, 0.4) is 0 Å². The van der Waals surface area contributed by atoms with Crippen LogP contribution < -0.4 is 0 Å². The number of amides is 1. The Labute approximate surface area is 115 Å². The molecule has 1 aliphatic heterocycles. The summed E-state index contributed by atoms with van der Waals surface area (Å²) in [6, 6.07) is 5.36. The van der Waals surface area contributed by atoms with Crippen molar-refractivity contribution in [3.63, 3.8) is 0 Å². The van der Waals surface area contributed by atoms with Gasteiger partial charge in [0.05, 0.1) is 0 Å². The van der Waals surface area contributed by atoms with Crippen molar-refractivity contribution in [3.8, 4) is 5.75 Å². The second kappa shape index (κ2) is 5.24. The zero-order valence-corrected chi connectivity index (χ0v) is 12.2. The molecular formula is C16H23NO2. The fraction of sp³-hybridized carbons (Fsp3) is 0.562. The Bertz CT molecular complexity index is 484. The topological polar surface area (TPSA) is 40.5 Å². The molecule has 1 heterocycles. The van der Waals surface area contributed by atoms with Crippen molar-refractivity contribution in [2.45, 2.75) is 40.2 Å². The third-order valence-electron chi connectivity index (χ3n) is 4.30. The lowest BCUT2D eigenvalue weighted by Gasteiger charge is -2.41. The predicted molar refractivity (Wildman–Crippen MR) is 76.3 cm³/mol. The van der Waals surface area contributed by atoms with E-state index in [0.29, 0.717) is 17.4 Å². The number of hydrogen-bond acceptors (Lipinski definition) is 2. The molecule has 1 saturated heterocycles. The molecule has 1 aromatic rings. The standard InChI is InChI=1S/C16H23NO2/c1-10-7-11(2)13(4)17(9-10)16(19)14-5-6-15(18)12(3)8-14/h5-6,8,10-11,13,18H,7,9H2,1-4H3. The molecule has 3 heteroatoms. The number of nitrogens with zero attached hydrogens (tertiary/aromatic N) is 1. The maximum Gasteiger partial charge on any atom is 0.254 e. The molecule has 0 aliphatic carbocycles. The summed E-state index contributed by atoms with van der Waals surface area (Å²) in [5, 5.41) is 9.55. The second-order valence-corrected chi connectivity index (χ2v) is 6.02. The van der Waals surface area contributed by atoms with Crippen LogP contribution in [0.1, 0.15) is 43.1 Å². The van der Waals surface area contributed by atoms with E-state index in [0.717, 1.165) is 12.1 Å². The first-order chi connectivity index (χ1) is 8.90. The maximum absolute atomic E-state index is 12.6. The largest absolute Gasteiger partial charge is 0.508 e. The van der Waals surface area contributed by atoms with Gasteiger partial charge in [-0.2, -0.15) is 0 Å². The summed E-state index contributed by atoms with van der Waals surface area (Å²) < 4.78 is 0. The van der Waals surface area contributed by atoms with Crippen LogP contribution in [-0.4, -0.2) is 28.5 Å². The third kappa shape index (κ3) is 2.75. The number of hydrogen-bond donors (Lipinski definition) is 1. The second-order valence-electron chi connectivity index (χ2n) is 6.02. The SMILES string of the molecule is Cc1cc(C(=O)N2CC(C)CC(C)C2C)ccc1O. The molecule has 2 rings (SSSR count). The predicted octanol–water partition coefficient (Wildman–Crippen LogP) is 3.21. The molecule has 0 radical (unpaired) electrons. The highest BCUT2D eigenvalue weighted by atomic mass is 16.3. The van der Waals surface area contributed by atoms with E-state index >= 15 is 0 Å². The van der Waals surface area contributed by atoms with E-state index in [1.165, 1.54) is 6.42 Å². The van der Waals surface area contributed by atoms with Gasteiger partial charge in [0, 0.05) is 18.2 Å². The average molecular weight is 261 g/mol.